The van der Waals surface area contributed by atoms with E-state index in [1.165, 1.54) is 24.5 Å². The van der Waals surface area contributed by atoms with Gasteiger partial charge in [-0.1, -0.05) is 12.1 Å². The van der Waals surface area contributed by atoms with Gasteiger partial charge in [-0.3, -0.25) is 9.78 Å². The Balaban J connectivity index is 2.39. The summed E-state index contributed by atoms with van der Waals surface area (Å²) in [6, 6.07) is 6.64. The van der Waals surface area contributed by atoms with Crippen LogP contribution in [0.5, 0.6) is 0 Å². The van der Waals surface area contributed by atoms with Crippen LogP contribution in [0, 0.1) is 0 Å². The average Bonchev–Trinajstić information content (AvgIpc) is 2.94. The van der Waals surface area contributed by atoms with Crippen LogP contribution in [0.1, 0.15) is 17.7 Å². The maximum Gasteiger partial charge on any atom is 0.216 e. The summed E-state index contributed by atoms with van der Waals surface area (Å²) >= 11 is 1.17. The van der Waals surface area contributed by atoms with Crippen LogP contribution in [0.2, 0.25) is 0 Å². The molecule has 106 valence electrons. The molecule has 2 rings (SSSR count). The lowest BCUT2D eigenvalue weighted by atomic mass is 10.2. The number of pyridine rings is 1. The van der Waals surface area contributed by atoms with Gasteiger partial charge in [0.1, 0.15) is 9.46 Å². The lowest BCUT2D eigenvalue weighted by Crippen LogP contribution is -2.30. The van der Waals surface area contributed by atoms with Crippen LogP contribution >= 0.6 is 11.3 Å². The van der Waals surface area contributed by atoms with E-state index >= 15 is 0 Å². The van der Waals surface area contributed by atoms with E-state index in [0.29, 0.717) is 5.56 Å². The number of nitrogens with zero attached hydrogens (tertiary/aromatic N) is 1. The van der Waals surface area contributed by atoms with E-state index in [9.17, 15) is 13.2 Å². The molecule has 0 spiro atoms. The third-order valence-electron chi connectivity index (χ3n) is 2.74. The molecule has 2 aromatic heterocycles. The molecular formula is C13H14N2O3S2. The van der Waals surface area contributed by atoms with Crippen LogP contribution in [0.25, 0.3) is 0 Å². The highest BCUT2D eigenvalue weighted by molar-refractivity contribution is 7.93. The van der Waals surface area contributed by atoms with Crippen molar-refractivity contribution in [2.75, 3.05) is 6.54 Å². The summed E-state index contributed by atoms with van der Waals surface area (Å²) in [6.45, 7) is 1.39. The summed E-state index contributed by atoms with van der Waals surface area (Å²) in [5.41, 5.74) is 0.564. The predicted octanol–water partition coefficient (Wildman–Crippen LogP) is 1.79. The topological polar surface area (TPSA) is 76.1 Å². The minimum absolute atomic E-state index is 0.0290. The van der Waals surface area contributed by atoms with Crippen LogP contribution in [-0.2, 0) is 14.6 Å². The quantitative estimate of drug-likeness (QED) is 0.913. The molecule has 20 heavy (non-hydrogen) atoms. The third kappa shape index (κ3) is 3.23. The largest absolute Gasteiger partial charge is 0.355 e. The lowest BCUT2D eigenvalue weighted by Gasteiger charge is -2.17. The van der Waals surface area contributed by atoms with Crippen molar-refractivity contribution in [3.8, 4) is 0 Å². The fraction of sp³-hybridized carbons (Fsp3) is 0.231. The summed E-state index contributed by atoms with van der Waals surface area (Å²) in [5, 5.41) is 3.45. The Labute approximate surface area is 121 Å². The smallest absolute Gasteiger partial charge is 0.216 e. The van der Waals surface area contributed by atoms with Gasteiger partial charge in [-0.25, -0.2) is 8.42 Å². The number of nitrogens with one attached hydrogen (secondary N) is 1. The average molecular weight is 310 g/mol. The van der Waals surface area contributed by atoms with Gasteiger partial charge in [0.25, 0.3) is 0 Å². The molecule has 1 N–H and O–H groups in total. The van der Waals surface area contributed by atoms with Gasteiger partial charge < -0.3 is 5.32 Å². The van der Waals surface area contributed by atoms with E-state index in [1.54, 1.807) is 35.8 Å². The maximum absolute atomic E-state index is 12.6. The third-order valence-corrected chi connectivity index (χ3v) is 6.27. The Morgan fingerprint density at radius 3 is 2.75 bits per heavy atom. The molecule has 0 aliphatic carbocycles. The molecule has 0 saturated carbocycles. The first-order valence-electron chi connectivity index (χ1n) is 5.93. The molecule has 1 amide bonds. The number of carbonyl (C=O) groups excluding carboxylic acids is 1. The molecule has 0 unspecified atom stereocenters. The van der Waals surface area contributed by atoms with Crippen LogP contribution in [0.4, 0.5) is 0 Å². The summed E-state index contributed by atoms with van der Waals surface area (Å²) < 4.78 is 25.6. The number of hydrogen-bond acceptors (Lipinski definition) is 5. The Bertz CT molecular complexity index is 667. The van der Waals surface area contributed by atoms with Gasteiger partial charge in [-0.05, 0) is 23.1 Å². The first kappa shape index (κ1) is 14.7. The molecule has 0 aromatic carbocycles. The second-order valence-corrected chi connectivity index (χ2v) is 7.49. The van der Waals surface area contributed by atoms with E-state index in [-0.39, 0.29) is 16.7 Å². The molecule has 2 aromatic rings. The number of aromatic nitrogens is 1. The van der Waals surface area contributed by atoms with Gasteiger partial charge >= 0.3 is 0 Å². The standard InChI is InChI=1S/C13H14N2O3S2/c1-10(16)15-9-12(11-4-2-6-14-8-11)20(17,18)13-5-3-7-19-13/h2-8,12H,9H2,1H3,(H,15,16)/t12-/m1/s1. The molecule has 2 heterocycles. The number of hydrogen-bond donors (Lipinski definition) is 1. The zero-order chi connectivity index (χ0) is 14.6. The molecule has 0 fully saturated rings. The Morgan fingerprint density at radius 1 is 1.40 bits per heavy atom. The van der Waals surface area contributed by atoms with Crippen molar-refractivity contribution in [2.24, 2.45) is 0 Å². The molecule has 7 heteroatoms. The monoisotopic (exact) mass is 310 g/mol. The van der Waals surface area contributed by atoms with Crippen LogP contribution < -0.4 is 5.32 Å². The Hall–Kier alpha value is -1.73. The van der Waals surface area contributed by atoms with Gasteiger partial charge in [-0.2, -0.15) is 0 Å². The summed E-state index contributed by atoms with van der Waals surface area (Å²) in [5.74, 6) is -0.264. The Kier molecular flexibility index (Phi) is 4.51. The first-order chi connectivity index (χ1) is 9.51. The van der Waals surface area contributed by atoms with E-state index < -0.39 is 15.1 Å². The molecule has 1 atom stereocenters. The zero-order valence-electron chi connectivity index (χ0n) is 10.8. The fourth-order valence-corrected chi connectivity index (χ4v) is 4.62. The SMILES string of the molecule is CC(=O)NC[C@H](c1cccnc1)S(=O)(=O)c1cccs1. The molecule has 0 radical (unpaired) electrons. The molecule has 0 saturated heterocycles. The maximum atomic E-state index is 12.6. The van der Waals surface area contributed by atoms with E-state index in [4.69, 9.17) is 0 Å². The second kappa shape index (κ2) is 6.15. The van der Waals surface area contributed by atoms with Crippen molar-refractivity contribution in [1.82, 2.24) is 10.3 Å². The highest BCUT2D eigenvalue weighted by Crippen LogP contribution is 2.30. The Morgan fingerprint density at radius 2 is 2.20 bits per heavy atom. The molecule has 0 aliphatic rings. The van der Waals surface area contributed by atoms with Crippen molar-refractivity contribution in [2.45, 2.75) is 16.4 Å². The van der Waals surface area contributed by atoms with Crippen molar-refractivity contribution in [3.05, 3.63) is 47.6 Å². The lowest BCUT2D eigenvalue weighted by molar-refractivity contribution is -0.118. The van der Waals surface area contributed by atoms with Gasteiger partial charge in [0.05, 0.1) is 0 Å². The summed E-state index contributed by atoms with van der Waals surface area (Å²) in [7, 11) is -3.54. The highest BCUT2D eigenvalue weighted by Gasteiger charge is 2.30. The van der Waals surface area contributed by atoms with Gasteiger partial charge in [0.15, 0.2) is 9.84 Å². The van der Waals surface area contributed by atoms with Gasteiger partial charge in [0, 0.05) is 25.9 Å². The fourth-order valence-electron chi connectivity index (χ4n) is 1.78. The van der Waals surface area contributed by atoms with Crippen LogP contribution in [-0.4, -0.2) is 25.9 Å². The highest BCUT2D eigenvalue weighted by atomic mass is 32.2. The number of amides is 1. The number of thiophene rings is 1. The van der Waals surface area contributed by atoms with Gasteiger partial charge in [-0.15, -0.1) is 11.3 Å². The van der Waals surface area contributed by atoms with Gasteiger partial charge in [0.2, 0.25) is 5.91 Å². The van der Waals surface area contributed by atoms with Crippen LogP contribution in [0.3, 0.4) is 0 Å². The van der Waals surface area contributed by atoms with Crippen molar-refractivity contribution < 1.29 is 13.2 Å². The number of sulfone groups is 1. The molecular weight excluding hydrogens is 296 g/mol. The molecule has 0 aliphatic heterocycles. The first-order valence-corrected chi connectivity index (χ1v) is 8.36. The predicted molar refractivity (Wildman–Crippen MR) is 77.2 cm³/mol. The van der Waals surface area contributed by atoms with E-state index in [2.05, 4.69) is 10.3 Å². The number of carbonyl (C=O) groups is 1. The number of rotatable bonds is 5. The summed E-state index contributed by atoms with van der Waals surface area (Å²) in [6.07, 6.45) is 3.09. The minimum atomic E-state index is -3.54. The summed E-state index contributed by atoms with van der Waals surface area (Å²) in [4.78, 5) is 15.0. The minimum Gasteiger partial charge on any atom is -0.355 e. The van der Waals surface area contributed by atoms with E-state index in [0.717, 1.165) is 0 Å². The molecule has 0 bridgehead atoms. The van der Waals surface area contributed by atoms with Crippen LogP contribution in [0.15, 0.2) is 46.2 Å². The van der Waals surface area contributed by atoms with Crippen molar-refractivity contribution in [1.29, 1.82) is 0 Å². The zero-order valence-corrected chi connectivity index (χ0v) is 12.4. The van der Waals surface area contributed by atoms with E-state index in [1.807, 2.05) is 0 Å². The van der Waals surface area contributed by atoms with Crippen molar-refractivity contribution >= 4 is 27.1 Å². The molecule has 5 nitrogen and oxygen atoms in total. The second-order valence-electron chi connectivity index (χ2n) is 4.19. The normalized spacial score (nSPS) is 12.8. The van der Waals surface area contributed by atoms with Crippen molar-refractivity contribution in [3.63, 3.8) is 0 Å².